The van der Waals surface area contributed by atoms with E-state index >= 15 is 0 Å². The quantitative estimate of drug-likeness (QED) is 0.636. The minimum atomic E-state index is -0.124. The standard InChI is InChI=1S/C10H20O3/c1-8(2)7-12-3-4-13-10-5-9(11)6-10/h8-11H,3-7H2,1-2H3. The van der Waals surface area contributed by atoms with Gasteiger partial charge in [-0.1, -0.05) is 13.8 Å². The van der Waals surface area contributed by atoms with Gasteiger partial charge < -0.3 is 14.6 Å². The molecule has 3 heteroatoms. The lowest BCUT2D eigenvalue weighted by atomic mass is 9.92. The van der Waals surface area contributed by atoms with Gasteiger partial charge in [-0.25, -0.2) is 0 Å². The first-order chi connectivity index (χ1) is 6.18. The largest absolute Gasteiger partial charge is 0.393 e. The van der Waals surface area contributed by atoms with Gasteiger partial charge in [0.15, 0.2) is 0 Å². The van der Waals surface area contributed by atoms with Crippen LogP contribution in [0.5, 0.6) is 0 Å². The van der Waals surface area contributed by atoms with Crippen molar-refractivity contribution in [1.29, 1.82) is 0 Å². The van der Waals surface area contributed by atoms with E-state index in [0.29, 0.717) is 19.1 Å². The molecule has 0 heterocycles. The average Bonchev–Trinajstić information content (AvgIpc) is 1.99. The molecule has 0 saturated heterocycles. The Balaban J connectivity index is 1.79. The average molecular weight is 188 g/mol. The van der Waals surface area contributed by atoms with Gasteiger partial charge in [0.2, 0.25) is 0 Å². The fourth-order valence-electron chi connectivity index (χ4n) is 1.27. The summed E-state index contributed by atoms with van der Waals surface area (Å²) in [5.41, 5.74) is 0. The van der Waals surface area contributed by atoms with Crippen molar-refractivity contribution in [3.8, 4) is 0 Å². The number of hydrogen-bond donors (Lipinski definition) is 1. The van der Waals surface area contributed by atoms with E-state index < -0.39 is 0 Å². The molecule has 0 spiro atoms. The van der Waals surface area contributed by atoms with Crippen molar-refractivity contribution in [2.75, 3.05) is 19.8 Å². The van der Waals surface area contributed by atoms with Gasteiger partial charge in [0.05, 0.1) is 25.4 Å². The Hall–Kier alpha value is -0.120. The van der Waals surface area contributed by atoms with Gasteiger partial charge in [0.25, 0.3) is 0 Å². The zero-order chi connectivity index (χ0) is 9.68. The summed E-state index contributed by atoms with van der Waals surface area (Å²) < 4.78 is 10.8. The minimum absolute atomic E-state index is 0.124. The smallest absolute Gasteiger partial charge is 0.0704 e. The summed E-state index contributed by atoms with van der Waals surface area (Å²) in [6.07, 6.45) is 1.74. The first kappa shape index (κ1) is 11.0. The Morgan fingerprint density at radius 2 is 2.00 bits per heavy atom. The molecule has 0 atom stereocenters. The third-order valence-electron chi connectivity index (χ3n) is 2.10. The molecule has 1 aliphatic rings. The van der Waals surface area contributed by atoms with Crippen molar-refractivity contribution >= 4 is 0 Å². The summed E-state index contributed by atoms with van der Waals surface area (Å²) in [4.78, 5) is 0. The molecule has 13 heavy (non-hydrogen) atoms. The number of aliphatic hydroxyl groups excluding tert-OH is 1. The molecule has 3 nitrogen and oxygen atoms in total. The van der Waals surface area contributed by atoms with Crippen LogP contribution in [0, 0.1) is 5.92 Å². The van der Waals surface area contributed by atoms with Gasteiger partial charge in [-0.05, 0) is 18.8 Å². The van der Waals surface area contributed by atoms with Crippen molar-refractivity contribution in [2.24, 2.45) is 5.92 Å². The number of rotatable bonds is 6. The predicted molar refractivity (Wildman–Crippen MR) is 50.6 cm³/mol. The number of hydrogen-bond acceptors (Lipinski definition) is 3. The monoisotopic (exact) mass is 188 g/mol. The second-order valence-corrected chi connectivity index (χ2v) is 4.09. The van der Waals surface area contributed by atoms with Crippen LogP contribution in [0.15, 0.2) is 0 Å². The van der Waals surface area contributed by atoms with E-state index in [1.54, 1.807) is 0 Å². The van der Waals surface area contributed by atoms with Crippen LogP contribution >= 0.6 is 0 Å². The van der Waals surface area contributed by atoms with E-state index in [9.17, 15) is 0 Å². The molecule has 0 amide bonds. The van der Waals surface area contributed by atoms with Crippen molar-refractivity contribution in [3.05, 3.63) is 0 Å². The minimum Gasteiger partial charge on any atom is -0.393 e. The molecular weight excluding hydrogens is 168 g/mol. The van der Waals surface area contributed by atoms with Crippen molar-refractivity contribution in [2.45, 2.75) is 38.9 Å². The molecule has 1 N–H and O–H groups in total. The molecule has 1 rings (SSSR count). The summed E-state index contributed by atoms with van der Waals surface area (Å²) >= 11 is 0. The van der Waals surface area contributed by atoms with E-state index in [2.05, 4.69) is 13.8 Å². The van der Waals surface area contributed by atoms with Gasteiger partial charge >= 0.3 is 0 Å². The Kier molecular flexibility index (Phi) is 4.70. The first-order valence-corrected chi connectivity index (χ1v) is 5.06. The van der Waals surface area contributed by atoms with Gasteiger partial charge in [-0.15, -0.1) is 0 Å². The second-order valence-electron chi connectivity index (χ2n) is 4.09. The molecule has 0 aromatic heterocycles. The van der Waals surface area contributed by atoms with Crippen LogP contribution in [-0.4, -0.2) is 37.1 Å². The van der Waals surface area contributed by atoms with Crippen LogP contribution < -0.4 is 0 Å². The van der Waals surface area contributed by atoms with E-state index in [1.165, 1.54) is 0 Å². The fourth-order valence-corrected chi connectivity index (χ4v) is 1.27. The van der Waals surface area contributed by atoms with E-state index in [1.807, 2.05) is 0 Å². The van der Waals surface area contributed by atoms with Crippen molar-refractivity contribution in [3.63, 3.8) is 0 Å². The van der Waals surface area contributed by atoms with Crippen molar-refractivity contribution < 1.29 is 14.6 Å². The lowest BCUT2D eigenvalue weighted by Crippen LogP contribution is -2.36. The Labute approximate surface area is 80.0 Å². The molecule has 78 valence electrons. The highest BCUT2D eigenvalue weighted by molar-refractivity contribution is 4.78. The molecule has 0 aromatic rings. The predicted octanol–water partition coefficient (Wildman–Crippen LogP) is 1.20. The lowest BCUT2D eigenvalue weighted by molar-refractivity contribution is -0.0848. The Morgan fingerprint density at radius 3 is 2.54 bits per heavy atom. The second kappa shape index (κ2) is 5.58. The summed E-state index contributed by atoms with van der Waals surface area (Å²) in [7, 11) is 0. The maximum atomic E-state index is 8.98. The topological polar surface area (TPSA) is 38.7 Å². The number of ether oxygens (including phenoxy) is 2. The number of aliphatic hydroxyl groups is 1. The normalized spacial score (nSPS) is 27.7. The van der Waals surface area contributed by atoms with Crippen molar-refractivity contribution in [1.82, 2.24) is 0 Å². The summed E-state index contributed by atoms with van der Waals surface area (Å²) in [6.45, 7) is 6.39. The van der Waals surface area contributed by atoms with Crippen LogP contribution in [0.2, 0.25) is 0 Å². The molecule has 0 aliphatic heterocycles. The van der Waals surface area contributed by atoms with Gasteiger partial charge in [0, 0.05) is 6.61 Å². The third-order valence-corrected chi connectivity index (χ3v) is 2.10. The van der Waals surface area contributed by atoms with Crippen LogP contribution in [0.25, 0.3) is 0 Å². The maximum Gasteiger partial charge on any atom is 0.0704 e. The molecule has 0 unspecified atom stereocenters. The van der Waals surface area contributed by atoms with E-state index in [-0.39, 0.29) is 12.2 Å². The first-order valence-electron chi connectivity index (χ1n) is 5.06. The SMILES string of the molecule is CC(C)COCCOC1CC(O)C1. The molecule has 1 saturated carbocycles. The Morgan fingerprint density at radius 1 is 1.31 bits per heavy atom. The zero-order valence-corrected chi connectivity index (χ0v) is 8.53. The molecule has 1 fully saturated rings. The molecule has 1 aliphatic carbocycles. The third kappa shape index (κ3) is 4.60. The molecular formula is C10H20O3. The van der Waals surface area contributed by atoms with Gasteiger partial charge in [-0.3, -0.25) is 0 Å². The zero-order valence-electron chi connectivity index (χ0n) is 8.53. The highest BCUT2D eigenvalue weighted by atomic mass is 16.5. The molecule has 0 aromatic carbocycles. The molecule has 0 radical (unpaired) electrons. The summed E-state index contributed by atoms with van der Waals surface area (Å²) in [6, 6.07) is 0. The lowest BCUT2D eigenvalue weighted by Gasteiger charge is -2.31. The van der Waals surface area contributed by atoms with Crippen LogP contribution in [0.1, 0.15) is 26.7 Å². The maximum absolute atomic E-state index is 8.98. The van der Waals surface area contributed by atoms with E-state index in [0.717, 1.165) is 19.4 Å². The van der Waals surface area contributed by atoms with Gasteiger partial charge in [-0.2, -0.15) is 0 Å². The fraction of sp³-hybridized carbons (Fsp3) is 1.00. The Bertz CT molecular complexity index is 130. The highest BCUT2D eigenvalue weighted by Crippen LogP contribution is 2.22. The van der Waals surface area contributed by atoms with Crippen LogP contribution in [0.4, 0.5) is 0 Å². The summed E-state index contributed by atoms with van der Waals surface area (Å²) in [5.74, 6) is 0.588. The van der Waals surface area contributed by atoms with E-state index in [4.69, 9.17) is 14.6 Å². The highest BCUT2D eigenvalue weighted by Gasteiger charge is 2.27. The summed E-state index contributed by atoms with van der Waals surface area (Å²) in [5, 5.41) is 8.98. The van der Waals surface area contributed by atoms with Crippen LogP contribution in [-0.2, 0) is 9.47 Å². The van der Waals surface area contributed by atoms with Gasteiger partial charge in [0.1, 0.15) is 0 Å². The van der Waals surface area contributed by atoms with Crippen LogP contribution in [0.3, 0.4) is 0 Å². The molecule has 0 bridgehead atoms.